The first-order valence-electron chi connectivity index (χ1n) is 15.0. The summed E-state index contributed by atoms with van der Waals surface area (Å²) in [5.41, 5.74) is 2.88. The quantitative estimate of drug-likeness (QED) is 0.259. The van der Waals surface area contributed by atoms with Gasteiger partial charge >= 0.3 is 5.97 Å². The lowest BCUT2D eigenvalue weighted by Crippen LogP contribution is -2.36. The molecular weight excluding hydrogens is 568 g/mol. The number of pyridine rings is 1. The predicted molar refractivity (Wildman–Crippen MR) is 162 cm³/mol. The molecule has 0 saturated heterocycles. The largest absolute Gasteiger partial charge is 0.493 e. The minimum atomic E-state index is -1.23. The average molecular weight is 610 g/mol. The highest BCUT2D eigenvalue weighted by atomic mass is 19.1. The fourth-order valence-electron chi connectivity index (χ4n) is 6.16. The molecule has 44 heavy (non-hydrogen) atoms. The van der Waals surface area contributed by atoms with Crippen molar-refractivity contribution in [2.24, 2.45) is 11.8 Å². The topological polar surface area (TPSA) is 98.1 Å². The van der Waals surface area contributed by atoms with Gasteiger partial charge in [0.15, 0.2) is 0 Å². The van der Waals surface area contributed by atoms with E-state index in [1.165, 1.54) is 19.9 Å². The Balaban J connectivity index is 1.26. The van der Waals surface area contributed by atoms with Crippen LogP contribution >= 0.6 is 0 Å². The van der Waals surface area contributed by atoms with Gasteiger partial charge in [-0.05, 0) is 107 Å². The monoisotopic (exact) mass is 609 g/mol. The molecule has 2 aliphatic rings. The third kappa shape index (κ3) is 6.74. The van der Waals surface area contributed by atoms with Crippen molar-refractivity contribution in [3.05, 3.63) is 76.0 Å². The highest BCUT2D eigenvalue weighted by molar-refractivity contribution is 5.80. The standard InChI is InChI=1S/C35H41F2NO6/c1-18-10-22(42-9-8-28(39)35(6,7)41)11-19(2)30(18)23-13-21(26(36)15-27(23)37)17-43-29-14-20-12-24-31(25(20)16-38-29)32(24)33(40)44-34(3,4)5/h10-11,13-16,24,28,31-32,39,41H,8-9,12,17H2,1-7H3/t24-,28?,31-,32+/m1/s1. The number of aliphatic hydroxyl groups is 2. The van der Waals surface area contributed by atoms with Gasteiger partial charge in [-0.1, -0.05) is 0 Å². The maximum absolute atomic E-state index is 15.1. The molecule has 0 amide bonds. The van der Waals surface area contributed by atoms with Crippen molar-refractivity contribution in [1.82, 2.24) is 4.98 Å². The number of benzene rings is 2. The Bertz CT molecular complexity index is 1550. The number of hydrogen-bond acceptors (Lipinski definition) is 7. The number of aryl methyl sites for hydroxylation is 2. The van der Waals surface area contributed by atoms with Crippen LogP contribution in [0.25, 0.3) is 11.1 Å². The van der Waals surface area contributed by atoms with Crippen LogP contribution in [0.15, 0.2) is 36.5 Å². The van der Waals surface area contributed by atoms with E-state index in [0.717, 1.165) is 34.7 Å². The van der Waals surface area contributed by atoms with Crippen molar-refractivity contribution in [3.8, 4) is 22.8 Å². The molecule has 2 aromatic carbocycles. The van der Waals surface area contributed by atoms with Crippen LogP contribution in [0.5, 0.6) is 11.6 Å². The summed E-state index contributed by atoms with van der Waals surface area (Å²) in [6, 6.07) is 7.71. The van der Waals surface area contributed by atoms with E-state index in [4.69, 9.17) is 14.2 Å². The van der Waals surface area contributed by atoms with Crippen LogP contribution in [0, 0.1) is 37.3 Å². The normalized spacial score (nSPS) is 19.7. The number of halogens is 2. The molecule has 0 bridgehead atoms. The Hall–Kier alpha value is -3.56. The summed E-state index contributed by atoms with van der Waals surface area (Å²) in [7, 11) is 0. The zero-order chi connectivity index (χ0) is 32.1. The Morgan fingerprint density at radius 1 is 1.02 bits per heavy atom. The lowest BCUT2D eigenvalue weighted by Gasteiger charge is -2.24. The molecule has 2 N–H and O–H groups in total. The van der Waals surface area contributed by atoms with Gasteiger partial charge in [0.2, 0.25) is 5.88 Å². The van der Waals surface area contributed by atoms with E-state index in [9.17, 15) is 19.4 Å². The molecule has 3 aromatic rings. The molecule has 9 heteroatoms. The van der Waals surface area contributed by atoms with Gasteiger partial charge in [0, 0.05) is 41.8 Å². The molecule has 7 nitrogen and oxygen atoms in total. The molecule has 1 aromatic heterocycles. The van der Waals surface area contributed by atoms with Crippen LogP contribution in [-0.4, -0.2) is 45.1 Å². The minimum Gasteiger partial charge on any atom is -0.493 e. The molecule has 1 heterocycles. The van der Waals surface area contributed by atoms with Crippen molar-refractivity contribution in [1.29, 1.82) is 0 Å². The highest BCUT2D eigenvalue weighted by Crippen LogP contribution is 2.62. The first kappa shape index (κ1) is 31.9. The number of carbonyl (C=O) groups excluding carboxylic acids is 1. The molecule has 0 aliphatic heterocycles. The van der Waals surface area contributed by atoms with E-state index in [-0.39, 0.29) is 54.5 Å². The lowest BCUT2D eigenvalue weighted by atomic mass is 9.93. The van der Waals surface area contributed by atoms with Gasteiger partial charge in [0.1, 0.15) is 29.6 Å². The Kier molecular flexibility index (Phi) is 8.50. The van der Waals surface area contributed by atoms with Crippen molar-refractivity contribution >= 4 is 5.97 Å². The van der Waals surface area contributed by atoms with Crippen molar-refractivity contribution < 1.29 is 38.0 Å². The molecule has 2 aliphatic carbocycles. The predicted octanol–water partition coefficient (Wildman–Crippen LogP) is 6.35. The van der Waals surface area contributed by atoms with Gasteiger partial charge in [-0.15, -0.1) is 0 Å². The molecular formula is C35H41F2NO6. The first-order valence-corrected chi connectivity index (χ1v) is 15.0. The summed E-state index contributed by atoms with van der Waals surface area (Å²) in [5, 5.41) is 20.0. The van der Waals surface area contributed by atoms with Crippen LogP contribution in [-0.2, 0) is 22.6 Å². The van der Waals surface area contributed by atoms with Crippen molar-refractivity contribution in [2.45, 2.75) is 91.1 Å². The summed E-state index contributed by atoms with van der Waals surface area (Å²) in [4.78, 5) is 17.0. The third-order valence-electron chi connectivity index (χ3n) is 8.42. The minimum absolute atomic E-state index is 0.112. The van der Waals surface area contributed by atoms with Crippen molar-refractivity contribution in [2.75, 3.05) is 6.61 Å². The Labute approximate surface area is 257 Å². The molecule has 0 spiro atoms. The highest BCUT2D eigenvalue weighted by Gasteiger charge is 2.61. The summed E-state index contributed by atoms with van der Waals surface area (Å²) in [6.45, 7) is 12.4. The summed E-state index contributed by atoms with van der Waals surface area (Å²) in [6.07, 6.45) is 1.77. The van der Waals surface area contributed by atoms with E-state index in [1.807, 2.05) is 40.7 Å². The van der Waals surface area contributed by atoms with E-state index >= 15 is 4.39 Å². The lowest BCUT2D eigenvalue weighted by molar-refractivity contribution is -0.157. The number of aliphatic hydroxyl groups excluding tert-OH is 1. The van der Waals surface area contributed by atoms with Crippen LogP contribution in [0.2, 0.25) is 0 Å². The fraction of sp³-hybridized carbons (Fsp3) is 0.486. The molecule has 4 atom stereocenters. The van der Waals surface area contributed by atoms with Gasteiger partial charge in [0.05, 0.1) is 24.2 Å². The smallest absolute Gasteiger partial charge is 0.310 e. The molecule has 1 saturated carbocycles. The SMILES string of the molecule is Cc1cc(OCCC(O)C(C)(C)O)cc(C)c1-c1cc(COc2cc3c(cn2)[C@H]2[C@@H](C3)[C@@H]2C(=O)OC(C)(C)C)c(F)cc1F. The summed E-state index contributed by atoms with van der Waals surface area (Å²) >= 11 is 0. The van der Waals surface area contributed by atoms with E-state index in [0.29, 0.717) is 17.2 Å². The van der Waals surface area contributed by atoms with Crippen LogP contribution in [0.1, 0.15) is 74.8 Å². The zero-order valence-electron chi connectivity index (χ0n) is 26.3. The third-order valence-corrected chi connectivity index (χ3v) is 8.42. The van der Waals surface area contributed by atoms with Gasteiger partial charge in [-0.2, -0.15) is 0 Å². The van der Waals surface area contributed by atoms with Gasteiger partial charge in [-0.3, -0.25) is 4.79 Å². The Morgan fingerprint density at radius 2 is 1.70 bits per heavy atom. The fourth-order valence-corrected chi connectivity index (χ4v) is 6.16. The number of rotatable bonds is 10. The van der Waals surface area contributed by atoms with Crippen LogP contribution in [0.4, 0.5) is 8.78 Å². The number of ether oxygens (including phenoxy) is 3. The molecule has 5 rings (SSSR count). The maximum Gasteiger partial charge on any atom is 0.310 e. The van der Waals surface area contributed by atoms with E-state index < -0.39 is 28.9 Å². The van der Waals surface area contributed by atoms with Crippen molar-refractivity contribution in [3.63, 3.8) is 0 Å². The van der Waals surface area contributed by atoms with Crippen LogP contribution in [0.3, 0.4) is 0 Å². The van der Waals surface area contributed by atoms with Gasteiger partial charge in [-0.25, -0.2) is 13.8 Å². The number of hydrogen-bond donors (Lipinski definition) is 2. The molecule has 236 valence electrons. The average Bonchev–Trinajstić information content (AvgIpc) is 3.49. The number of aromatic nitrogens is 1. The maximum atomic E-state index is 15.1. The molecule has 0 radical (unpaired) electrons. The molecule has 1 fully saturated rings. The Morgan fingerprint density at radius 3 is 2.34 bits per heavy atom. The number of fused-ring (bicyclic) bond motifs is 3. The summed E-state index contributed by atoms with van der Waals surface area (Å²) in [5.74, 6) is -0.499. The van der Waals surface area contributed by atoms with Gasteiger partial charge < -0.3 is 24.4 Å². The second-order valence-electron chi connectivity index (χ2n) is 13.6. The van der Waals surface area contributed by atoms with E-state index in [1.54, 1.807) is 18.3 Å². The second-order valence-corrected chi connectivity index (χ2v) is 13.6. The van der Waals surface area contributed by atoms with E-state index in [2.05, 4.69) is 4.98 Å². The molecule has 1 unspecified atom stereocenters. The second kappa shape index (κ2) is 11.7. The first-order chi connectivity index (χ1) is 20.5. The number of nitrogens with zero attached hydrogens (tertiary/aromatic N) is 1. The number of carbonyl (C=O) groups is 1. The zero-order valence-corrected chi connectivity index (χ0v) is 26.3. The number of esters is 1. The van der Waals surface area contributed by atoms with Crippen LogP contribution < -0.4 is 9.47 Å². The summed E-state index contributed by atoms with van der Waals surface area (Å²) < 4.78 is 47.2. The van der Waals surface area contributed by atoms with Gasteiger partial charge in [0.25, 0.3) is 0 Å².